The summed E-state index contributed by atoms with van der Waals surface area (Å²) in [5.41, 5.74) is 5.02. The highest BCUT2D eigenvalue weighted by molar-refractivity contribution is 5.68. The fourth-order valence-electron chi connectivity index (χ4n) is 1.90. The molecule has 1 unspecified atom stereocenters. The molecule has 1 aliphatic heterocycles. The third kappa shape index (κ3) is 5.69. The molecule has 1 atom stereocenters. The Hall–Kier alpha value is -0.810. The van der Waals surface area contributed by atoms with Crippen molar-refractivity contribution in [2.45, 2.75) is 51.7 Å². The maximum Gasteiger partial charge on any atom is 0.410 e. The molecule has 1 heterocycles. The Morgan fingerprint density at radius 1 is 1.44 bits per heavy atom. The van der Waals surface area contributed by atoms with Gasteiger partial charge in [0.2, 0.25) is 0 Å². The molecule has 2 N–H and O–H groups in total. The normalized spacial score (nSPS) is 20.9. The zero-order valence-corrected chi connectivity index (χ0v) is 11.8. The summed E-state index contributed by atoms with van der Waals surface area (Å²) in [5, 5.41) is 0. The van der Waals surface area contributed by atoms with E-state index in [-0.39, 0.29) is 12.2 Å². The minimum absolute atomic E-state index is 0.123. The number of amides is 1. The number of carbonyl (C=O) groups is 1. The molecule has 0 bridgehead atoms. The molecule has 5 heteroatoms. The van der Waals surface area contributed by atoms with Gasteiger partial charge in [0.25, 0.3) is 0 Å². The molecule has 0 spiro atoms. The van der Waals surface area contributed by atoms with Crippen molar-refractivity contribution < 1.29 is 14.3 Å². The number of nitrogens with zero attached hydrogens (tertiary/aromatic N) is 1. The first-order valence-corrected chi connectivity index (χ1v) is 6.72. The Morgan fingerprint density at radius 2 is 2.17 bits per heavy atom. The van der Waals surface area contributed by atoms with Gasteiger partial charge in [0.05, 0.1) is 19.3 Å². The molecule has 1 rings (SSSR count). The number of carbonyl (C=O) groups excluding carboxylic acids is 1. The van der Waals surface area contributed by atoms with Crippen LogP contribution in [-0.4, -0.2) is 48.9 Å². The summed E-state index contributed by atoms with van der Waals surface area (Å²) in [5.74, 6) is 0. The quantitative estimate of drug-likeness (QED) is 0.780. The number of nitrogens with two attached hydrogens (primary N) is 1. The lowest BCUT2D eigenvalue weighted by Crippen LogP contribution is -2.47. The van der Waals surface area contributed by atoms with Gasteiger partial charge in [0.15, 0.2) is 0 Å². The second-order valence-corrected chi connectivity index (χ2v) is 5.70. The van der Waals surface area contributed by atoms with Gasteiger partial charge in [-0.15, -0.1) is 0 Å². The molecular formula is C13H26N2O3. The van der Waals surface area contributed by atoms with Crippen LogP contribution in [0.4, 0.5) is 4.79 Å². The van der Waals surface area contributed by atoms with Gasteiger partial charge >= 0.3 is 6.09 Å². The maximum absolute atomic E-state index is 11.9. The van der Waals surface area contributed by atoms with Gasteiger partial charge in [-0.25, -0.2) is 4.79 Å². The van der Waals surface area contributed by atoms with Gasteiger partial charge in [-0.1, -0.05) is 0 Å². The van der Waals surface area contributed by atoms with Crippen molar-refractivity contribution in [3.63, 3.8) is 0 Å². The summed E-state index contributed by atoms with van der Waals surface area (Å²) in [7, 11) is 0. The van der Waals surface area contributed by atoms with E-state index in [0.29, 0.717) is 26.2 Å². The summed E-state index contributed by atoms with van der Waals surface area (Å²) in [6.07, 6.45) is 2.89. The van der Waals surface area contributed by atoms with E-state index in [1.165, 1.54) is 0 Å². The number of morpholine rings is 1. The molecule has 18 heavy (non-hydrogen) atoms. The van der Waals surface area contributed by atoms with Crippen LogP contribution in [0.5, 0.6) is 0 Å². The average molecular weight is 258 g/mol. The minimum atomic E-state index is -0.440. The second-order valence-electron chi connectivity index (χ2n) is 5.70. The molecule has 1 fully saturated rings. The molecular weight excluding hydrogens is 232 g/mol. The van der Waals surface area contributed by atoms with Crippen molar-refractivity contribution in [1.82, 2.24) is 4.90 Å². The van der Waals surface area contributed by atoms with Crippen LogP contribution < -0.4 is 5.73 Å². The summed E-state index contributed by atoms with van der Waals surface area (Å²) in [6, 6.07) is 0. The number of rotatable bonds is 4. The van der Waals surface area contributed by atoms with Crippen molar-refractivity contribution in [2.24, 2.45) is 5.73 Å². The van der Waals surface area contributed by atoms with Gasteiger partial charge in [0.1, 0.15) is 5.60 Å². The van der Waals surface area contributed by atoms with Crippen LogP contribution in [0.3, 0.4) is 0 Å². The molecule has 106 valence electrons. The molecule has 0 saturated carbocycles. The molecule has 5 nitrogen and oxygen atoms in total. The molecule has 1 aliphatic rings. The number of hydrogen-bond donors (Lipinski definition) is 1. The van der Waals surface area contributed by atoms with Crippen LogP contribution in [0.15, 0.2) is 0 Å². The van der Waals surface area contributed by atoms with Crippen molar-refractivity contribution >= 4 is 6.09 Å². The monoisotopic (exact) mass is 258 g/mol. The Balaban J connectivity index is 2.36. The summed E-state index contributed by atoms with van der Waals surface area (Å²) in [4.78, 5) is 13.7. The average Bonchev–Trinajstić information content (AvgIpc) is 2.27. The van der Waals surface area contributed by atoms with E-state index >= 15 is 0 Å². The minimum Gasteiger partial charge on any atom is -0.444 e. The Labute approximate surface area is 110 Å². The van der Waals surface area contributed by atoms with Crippen LogP contribution in [0.1, 0.15) is 40.0 Å². The Morgan fingerprint density at radius 3 is 2.78 bits per heavy atom. The van der Waals surface area contributed by atoms with E-state index in [9.17, 15) is 4.79 Å². The van der Waals surface area contributed by atoms with Crippen LogP contribution >= 0.6 is 0 Å². The van der Waals surface area contributed by atoms with Crippen LogP contribution in [0, 0.1) is 0 Å². The molecule has 0 aromatic rings. The largest absolute Gasteiger partial charge is 0.444 e. The predicted octanol–water partition coefficient (Wildman–Crippen LogP) is 1.75. The number of unbranched alkanes of at least 4 members (excludes halogenated alkanes) is 1. The standard InChI is InChI=1S/C13H26N2O3/c1-13(2,3)18-12(16)15-8-9-17-11(10-15)6-4-5-7-14/h11H,4-10,14H2,1-3H3. The van der Waals surface area contributed by atoms with Gasteiger partial charge in [-0.05, 0) is 46.6 Å². The second kappa shape index (κ2) is 6.95. The molecule has 0 aliphatic carbocycles. The van der Waals surface area contributed by atoms with Gasteiger partial charge in [-0.3, -0.25) is 0 Å². The van der Waals surface area contributed by atoms with Crippen LogP contribution in [0.2, 0.25) is 0 Å². The first-order valence-electron chi connectivity index (χ1n) is 6.72. The molecule has 1 saturated heterocycles. The molecule has 1 amide bonds. The topological polar surface area (TPSA) is 64.8 Å². The van der Waals surface area contributed by atoms with Crippen molar-refractivity contribution in [3.05, 3.63) is 0 Å². The van der Waals surface area contributed by atoms with E-state index in [4.69, 9.17) is 15.2 Å². The lowest BCUT2D eigenvalue weighted by molar-refractivity contribution is -0.0450. The fraction of sp³-hybridized carbons (Fsp3) is 0.923. The summed E-state index contributed by atoms with van der Waals surface area (Å²) in [6.45, 7) is 8.18. The third-order valence-electron chi connectivity index (χ3n) is 2.77. The highest BCUT2D eigenvalue weighted by Crippen LogP contribution is 2.15. The Bertz CT molecular complexity index is 263. The van der Waals surface area contributed by atoms with E-state index in [0.717, 1.165) is 19.3 Å². The highest BCUT2D eigenvalue weighted by Gasteiger charge is 2.27. The summed E-state index contributed by atoms with van der Waals surface area (Å²) < 4.78 is 11.0. The SMILES string of the molecule is CC(C)(C)OC(=O)N1CCOC(CCCCN)C1. The van der Waals surface area contributed by atoms with Crippen molar-refractivity contribution in [2.75, 3.05) is 26.2 Å². The summed E-state index contributed by atoms with van der Waals surface area (Å²) >= 11 is 0. The molecule has 0 aromatic heterocycles. The number of hydrogen-bond acceptors (Lipinski definition) is 4. The fourth-order valence-corrected chi connectivity index (χ4v) is 1.90. The maximum atomic E-state index is 11.9. The smallest absolute Gasteiger partial charge is 0.410 e. The van der Waals surface area contributed by atoms with Crippen LogP contribution in [-0.2, 0) is 9.47 Å². The first kappa shape index (κ1) is 15.2. The van der Waals surface area contributed by atoms with E-state index in [1.54, 1.807) is 4.90 Å². The molecule has 0 radical (unpaired) electrons. The third-order valence-corrected chi connectivity index (χ3v) is 2.77. The lowest BCUT2D eigenvalue weighted by Gasteiger charge is -2.34. The van der Waals surface area contributed by atoms with E-state index in [1.807, 2.05) is 20.8 Å². The predicted molar refractivity (Wildman–Crippen MR) is 70.5 cm³/mol. The van der Waals surface area contributed by atoms with Gasteiger partial charge in [0, 0.05) is 6.54 Å². The van der Waals surface area contributed by atoms with Crippen LogP contribution in [0.25, 0.3) is 0 Å². The zero-order valence-electron chi connectivity index (χ0n) is 11.8. The van der Waals surface area contributed by atoms with Gasteiger partial charge in [-0.2, -0.15) is 0 Å². The van der Waals surface area contributed by atoms with Gasteiger partial charge < -0.3 is 20.1 Å². The molecule has 0 aromatic carbocycles. The van der Waals surface area contributed by atoms with Crippen molar-refractivity contribution in [3.8, 4) is 0 Å². The van der Waals surface area contributed by atoms with E-state index in [2.05, 4.69) is 0 Å². The highest BCUT2D eigenvalue weighted by atomic mass is 16.6. The Kier molecular flexibility index (Phi) is 5.88. The zero-order chi connectivity index (χ0) is 13.6. The van der Waals surface area contributed by atoms with Crippen molar-refractivity contribution in [1.29, 1.82) is 0 Å². The first-order chi connectivity index (χ1) is 8.42. The lowest BCUT2D eigenvalue weighted by atomic mass is 10.1. The van der Waals surface area contributed by atoms with E-state index < -0.39 is 5.60 Å². The number of ether oxygens (including phenoxy) is 2.